The maximum absolute atomic E-state index is 10.9. The van der Waals surface area contributed by atoms with Crippen molar-refractivity contribution >= 4 is 23.8 Å². The smallest absolute Gasteiger partial charge is 0.288 e. The molecule has 2 amide bonds. The van der Waals surface area contributed by atoms with Gasteiger partial charge in [0.25, 0.3) is 11.8 Å². The van der Waals surface area contributed by atoms with Crippen LogP contribution in [0.25, 0.3) is 0 Å². The van der Waals surface area contributed by atoms with Crippen molar-refractivity contribution in [3.8, 4) is 0 Å². The Morgan fingerprint density at radius 2 is 1.93 bits per heavy atom. The first kappa shape index (κ1) is 9.91. The van der Waals surface area contributed by atoms with Crippen molar-refractivity contribution in [3.63, 3.8) is 0 Å². The van der Waals surface area contributed by atoms with Crippen LogP contribution in [0.5, 0.6) is 0 Å². The van der Waals surface area contributed by atoms with E-state index in [0.29, 0.717) is 0 Å². The molecular formula is C9H8N2O3. The van der Waals surface area contributed by atoms with Gasteiger partial charge >= 0.3 is 0 Å². The third-order valence-corrected chi connectivity index (χ3v) is 1.56. The van der Waals surface area contributed by atoms with Gasteiger partial charge < -0.3 is 11.1 Å². The first-order valence-corrected chi connectivity index (χ1v) is 3.80. The summed E-state index contributed by atoms with van der Waals surface area (Å²) in [5.74, 6) is -1.48. The molecule has 0 saturated carbocycles. The Morgan fingerprint density at radius 3 is 2.50 bits per heavy atom. The second-order valence-corrected chi connectivity index (χ2v) is 2.52. The van der Waals surface area contributed by atoms with Crippen molar-refractivity contribution < 1.29 is 14.4 Å². The molecule has 0 spiro atoms. The van der Waals surface area contributed by atoms with E-state index < -0.39 is 11.8 Å². The number of anilines is 1. The van der Waals surface area contributed by atoms with Gasteiger partial charge in [0.15, 0.2) is 0 Å². The lowest BCUT2D eigenvalue weighted by Gasteiger charge is -2.04. The average molecular weight is 192 g/mol. The quantitative estimate of drug-likeness (QED) is 0.518. The minimum absolute atomic E-state index is 0.123. The standard InChI is InChI=1S/C9H8N2O3/c10-9(14)6-3-1-2-4-7(6)11-8(13)5-12/h1-5H,(H2,10,14)(H,11,13). The molecule has 5 heteroatoms. The molecule has 0 aliphatic carbocycles. The molecule has 72 valence electrons. The number of primary amides is 1. The number of nitrogens with two attached hydrogens (primary N) is 1. The fourth-order valence-electron chi connectivity index (χ4n) is 0.969. The summed E-state index contributed by atoms with van der Waals surface area (Å²) in [5.41, 5.74) is 5.46. The highest BCUT2D eigenvalue weighted by Crippen LogP contribution is 2.13. The van der Waals surface area contributed by atoms with Gasteiger partial charge in [-0.05, 0) is 12.1 Å². The molecule has 0 bridgehead atoms. The Kier molecular flexibility index (Phi) is 2.96. The number of hydrogen-bond acceptors (Lipinski definition) is 3. The van der Waals surface area contributed by atoms with Crippen LogP contribution >= 0.6 is 0 Å². The molecular weight excluding hydrogens is 184 g/mol. The van der Waals surface area contributed by atoms with E-state index in [4.69, 9.17) is 5.73 Å². The number of carbonyl (C=O) groups excluding carboxylic acids is 3. The van der Waals surface area contributed by atoms with Crippen LogP contribution in [-0.4, -0.2) is 18.1 Å². The van der Waals surface area contributed by atoms with E-state index in [1.54, 1.807) is 12.1 Å². The second kappa shape index (κ2) is 4.18. The zero-order chi connectivity index (χ0) is 10.6. The van der Waals surface area contributed by atoms with Gasteiger partial charge in [0.05, 0.1) is 11.3 Å². The number of rotatable bonds is 3. The van der Waals surface area contributed by atoms with E-state index in [9.17, 15) is 14.4 Å². The van der Waals surface area contributed by atoms with Crippen molar-refractivity contribution in [1.29, 1.82) is 0 Å². The Labute approximate surface area is 79.9 Å². The summed E-state index contributed by atoms with van der Waals surface area (Å²) in [4.78, 5) is 31.7. The fraction of sp³-hybridized carbons (Fsp3) is 0. The highest BCUT2D eigenvalue weighted by atomic mass is 16.2. The first-order valence-electron chi connectivity index (χ1n) is 3.80. The summed E-state index contributed by atoms with van der Waals surface area (Å²) in [6.45, 7) is 0. The molecule has 5 nitrogen and oxygen atoms in total. The van der Waals surface area contributed by atoms with Crippen LogP contribution in [0.2, 0.25) is 0 Å². The number of nitrogens with one attached hydrogen (secondary N) is 1. The topological polar surface area (TPSA) is 89.3 Å². The number of carbonyl (C=O) groups is 3. The number of hydrogen-bond donors (Lipinski definition) is 2. The van der Waals surface area contributed by atoms with E-state index in [2.05, 4.69) is 5.32 Å². The lowest BCUT2D eigenvalue weighted by molar-refractivity contribution is -0.127. The van der Waals surface area contributed by atoms with Gasteiger partial charge in [-0.25, -0.2) is 0 Å². The molecule has 1 rings (SSSR count). The molecule has 0 aliphatic rings. The van der Waals surface area contributed by atoms with Crippen LogP contribution in [0.15, 0.2) is 24.3 Å². The van der Waals surface area contributed by atoms with Crippen molar-refractivity contribution in [1.82, 2.24) is 0 Å². The summed E-state index contributed by atoms with van der Waals surface area (Å²) in [6, 6.07) is 6.17. The molecule has 0 aromatic heterocycles. The summed E-state index contributed by atoms with van der Waals surface area (Å²) in [5, 5.41) is 2.23. The Hall–Kier alpha value is -2.17. The Morgan fingerprint density at radius 1 is 1.29 bits per heavy atom. The SMILES string of the molecule is NC(=O)c1ccccc1NC(=O)C=O. The summed E-state index contributed by atoms with van der Waals surface area (Å²) < 4.78 is 0. The molecule has 0 saturated heterocycles. The maximum Gasteiger partial charge on any atom is 0.288 e. The van der Waals surface area contributed by atoms with Gasteiger partial charge in [-0.2, -0.15) is 0 Å². The van der Waals surface area contributed by atoms with Crippen molar-refractivity contribution in [2.75, 3.05) is 5.32 Å². The Bertz CT molecular complexity index is 387. The third kappa shape index (κ3) is 2.16. The van der Waals surface area contributed by atoms with E-state index in [1.807, 2.05) is 0 Å². The minimum atomic E-state index is -0.821. The molecule has 1 aromatic carbocycles. The third-order valence-electron chi connectivity index (χ3n) is 1.56. The predicted molar refractivity (Wildman–Crippen MR) is 49.7 cm³/mol. The van der Waals surface area contributed by atoms with Gasteiger partial charge in [0, 0.05) is 0 Å². The van der Waals surface area contributed by atoms with Crippen LogP contribution < -0.4 is 11.1 Å². The maximum atomic E-state index is 10.9. The van der Waals surface area contributed by atoms with Crippen LogP contribution in [0.4, 0.5) is 5.69 Å². The highest BCUT2D eigenvalue weighted by Gasteiger charge is 2.08. The largest absolute Gasteiger partial charge is 0.366 e. The van der Waals surface area contributed by atoms with Crippen molar-refractivity contribution in [2.45, 2.75) is 0 Å². The summed E-state index contributed by atoms with van der Waals surface area (Å²) >= 11 is 0. The summed E-state index contributed by atoms with van der Waals surface area (Å²) in [6.07, 6.45) is 0.123. The molecule has 0 fully saturated rings. The number of amides is 2. The fourth-order valence-corrected chi connectivity index (χ4v) is 0.969. The van der Waals surface area contributed by atoms with Crippen molar-refractivity contribution in [3.05, 3.63) is 29.8 Å². The lowest BCUT2D eigenvalue weighted by Crippen LogP contribution is -2.18. The molecule has 0 atom stereocenters. The van der Waals surface area contributed by atoms with E-state index in [0.717, 1.165) is 0 Å². The average Bonchev–Trinajstić information content (AvgIpc) is 2.18. The lowest BCUT2D eigenvalue weighted by atomic mass is 10.1. The molecule has 0 radical (unpaired) electrons. The Balaban J connectivity index is 3.01. The van der Waals surface area contributed by atoms with E-state index >= 15 is 0 Å². The molecule has 3 N–H and O–H groups in total. The normalized spacial score (nSPS) is 9.14. The van der Waals surface area contributed by atoms with Gasteiger partial charge in [-0.1, -0.05) is 12.1 Å². The van der Waals surface area contributed by atoms with Gasteiger partial charge in [0.1, 0.15) is 0 Å². The molecule has 0 unspecified atom stereocenters. The van der Waals surface area contributed by atoms with Crippen molar-refractivity contribution in [2.24, 2.45) is 5.73 Å². The van der Waals surface area contributed by atoms with Crippen LogP contribution in [0, 0.1) is 0 Å². The number of para-hydroxylation sites is 1. The number of aldehydes is 1. The molecule has 14 heavy (non-hydrogen) atoms. The highest BCUT2D eigenvalue weighted by molar-refractivity contribution is 6.30. The van der Waals surface area contributed by atoms with E-state index in [-0.39, 0.29) is 17.5 Å². The van der Waals surface area contributed by atoms with Gasteiger partial charge in [0.2, 0.25) is 6.29 Å². The molecule has 1 aromatic rings. The zero-order valence-corrected chi connectivity index (χ0v) is 7.19. The van der Waals surface area contributed by atoms with E-state index in [1.165, 1.54) is 12.1 Å². The minimum Gasteiger partial charge on any atom is -0.366 e. The van der Waals surface area contributed by atoms with Crippen LogP contribution in [0.3, 0.4) is 0 Å². The monoisotopic (exact) mass is 192 g/mol. The zero-order valence-electron chi connectivity index (χ0n) is 7.19. The number of benzene rings is 1. The van der Waals surface area contributed by atoms with Crippen LogP contribution in [-0.2, 0) is 9.59 Å². The van der Waals surface area contributed by atoms with Gasteiger partial charge in [-0.15, -0.1) is 0 Å². The second-order valence-electron chi connectivity index (χ2n) is 2.52. The molecule has 0 aliphatic heterocycles. The van der Waals surface area contributed by atoms with Crippen LogP contribution in [0.1, 0.15) is 10.4 Å². The summed E-state index contributed by atoms with van der Waals surface area (Å²) in [7, 11) is 0. The first-order chi connectivity index (χ1) is 6.65. The predicted octanol–water partition coefficient (Wildman–Crippen LogP) is -0.0771. The molecule has 0 heterocycles. The van der Waals surface area contributed by atoms with Gasteiger partial charge in [-0.3, -0.25) is 14.4 Å².